The highest BCUT2D eigenvalue weighted by molar-refractivity contribution is 5.89. The van der Waals surface area contributed by atoms with Crippen molar-refractivity contribution in [2.75, 3.05) is 6.61 Å². The molecular formula is C19H13F3O6. The van der Waals surface area contributed by atoms with E-state index in [0.29, 0.717) is 0 Å². The predicted octanol–water partition coefficient (Wildman–Crippen LogP) is 4.49. The summed E-state index contributed by atoms with van der Waals surface area (Å²) < 4.78 is 54.9. The molecule has 0 radical (unpaired) electrons. The van der Waals surface area contributed by atoms with E-state index in [1.165, 1.54) is 24.3 Å². The first-order valence-electron chi connectivity index (χ1n) is 8.02. The fraction of sp³-hybridized carbons (Fsp3) is 0.158. The Labute approximate surface area is 155 Å². The Bertz CT molecular complexity index is 1080. The summed E-state index contributed by atoms with van der Waals surface area (Å²) in [6.07, 6.45) is -5.01. The summed E-state index contributed by atoms with van der Waals surface area (Å²) in [5.41, 5.74) is -1.31. The Morgan fingerprint density at radius 2 is 1.82 bits per heavy atom. The third-order valence-corrected chi connectivity index (χ3v) is 3.68. The topological polar surface area (TPSA) is 86.0 Å². The van der Waals surface area contributed by atoms with Crippen LogP contribution < -0.4 is 10.2 Å². The molecule has 6 nitrogen and oxygen atoms in total. The molecule has 0 bridgehead atoms. The Balaban J connectivity index is 2.07. The summed E-state index contributed by atoms with van der Waals surface area (Å²) in [6.45, 7) is 1.80. The van der Waals surface area contributed by atoms with E-state index in [0.717, 1.165) is 18.2 Å². The molecule has 1 aromatic heterocycles. The van der Waals surface area contributed by atoms with Crippen molar-refractivity contribution in [2.24, 2.45) is 0 Å². The van der Waals surface area contributed by atoms with Gasteiger partial charge in [0.15, 0.2) is 0 Å². The van der Waals surface area contributed by atoms with Crippen LogP contribution in [0.25, 0.3) is 11.0 Å². The number of aromatic hydroxyl groups is 1. The van der Waals surface area contributed by atoms with Gasteiger partial charge in [0.2, 0.25) is 11.2 Å². The van der Waals surface area contributed by atoms with E-state index in [1.54, 1.807) is 6.92 Å². The maximum Gasteiger partial charge on any atom is 0.453 e. The van der Waals surface area contributed by atoms with E-state index in [2.05, 4.69) is 0 Å². The summed E-state index contributed by atoms with van der Waals surface area (Å²) in [7, 11) is 0. The second-order valence-corrected chi connectivity index (χ2v) is 5.61. The van der Waals surface area contributed by atoms with Gasteiger partial charge in [-0.3, -0.25) is 4.79 Å². The van der Waals surface area contributed by atoms with Crippen LogP contribution >= 0.6 is 0 Å². The molecule has 0 fully saturated rings. The second-order valence-electron chi connectivity index (χ2n) is 5.61. The lowest BCUT2D eigenvalue weighted by atomic mass is 10.2. The van der Waals surface area contributed by atoms with Gasteiger partial charge in [-0.05, 0) is 43.3 Å². The van der Waals surface area contributed by atoms with E-state index in [1.807, 2.05) is 0 Å². The van der Waals surface area contributed by atoms with Crippen LogP contribution in [0.1, 0.15) is 23.0 Å². The van der Waals surface area contributed by atoms with Gasteiger partial charge in [0, 0.05) is 6.07 Å². The molecule has 28 heavy (non-hydrogen) atoms. The van der Waals surface area contributed by atoms with Crippen LogP contribution in [-0.4, -0.2) is 17.7 Å². The molecule has 146 valence electrons. The highest BCUT2D eigenvalue weighted by Crippen LogP contribution is 2.38. The van der Waals surface area contributed by atoms with Crippen LogP contribution in [0.5, 0.6) is 17.2 Å². The van der Waals surface area contributed by atoms with E-state index in [-0.39, 0.29) is 29.1 Å². The highest BCUT2D eigenvalue weighted by atomic mass is 19.4. The number of carbonyl (C=O) groups excluding carboxylic acids is 1. The van der Waals surface area contributed by atoms with E-state index >= 15 is 0 Å². The number of esters is 1. The fourth-order valence-electron chi connectivity index (χ4n) is 2.44. The van der Waals surface area contributed by atoms with Crippen LogP contribution in [0, 0.1) is 0 Å². The highest BCUT2D eigenvalue weighted by Gasteiger charge is 2.40. The minimum atomic E-state index is -5.01. The lowest BCUT2D eigenvalue weighted by molar-refractivity contribution is -0.154. The van der Waals surface area contributed by atoms with Crippen molar-refractivity contribution in [3.63, 3.8) is 0 Å². The van der Waals surface area contributed by atoms with Crippen LogP contribution in [-0.2, 0) is 10.9 Å². The van der Waals surface area contributed by atoms with Crippen LogP contribution in [0.4, 0.5) is 13.2 Å². The molecule has 0 aliphatic rings. The maximum absolute atomic E-state index is 13.4. The summed E-state index contributed by atoms with van der Waals surface area (Å²) >= 11 is 0. The molecule has 0 atom stereocenters. The van der Waals surface area contributed by atoms with Crippen molar-refractivity contribution < 1.29 is 37.0 Å². The van der Waals surface area contributed by atoms with Gasteiger partial charge in [-0.25, -0.2) is 4.79 Å². The fourth-order valence-corrected chi connectivity index (χ4v) is 2.44. The van der Waals surface area contributed by atoms with Crippen molar-refractivity contribution in [3.8, 4) is 17.2 Å². The molecule has 3 rings (SSSR count). The molecule has 0 unspecified atom stereocenters. The summed E-state index contributed by atoms with van der Waals surface area (Å²) in [5.74, 6) is -3.74. The number of hydrogen-bond acceptors (Lipinski definition) is 6. The molecular weight excluding hydrogens is 381 g/mol. The minimum absolute atomic E-state index is 0.107. The van der Waals surface area contributed by atoms with Crippen molar-refractivity contribution >= 4 is 16.9 Å². The van der Waals surface area contributed by atoms with Gasteiger partial charge < -0.3 is 19.0 Å². The molecule has 0 saturated heterocycles. The largest absolute Gasteiger partial charge is 0.508 e. The quantitative estimate of drug-likeness (QED) is 0.657. The molecule has 1 heterocycles. The van der Waals surface area contributed by atoms with E-state index in [9.17, 15) is 27.9 Å². The van der Waals surface area contributed by atoms with Crippen molar-refractivity contribution in [2.45, 2.75) is 13.1 Å². The second kappa shape index (κ2) is 7.26. The van der Waals surface area contributed by atoms with E-state index < -0.39 is 34.7 Å². The average Bonchev–Trinajstić information content (AvgIpc) is 2.63. The smallest absolute Gasteiger partial charge is 0.453 e. The summed E-state index contributed by atoms with van der Waals surface area (Å²) in [5, 5.41) is 9.23. The van der Waals surface area contributed by atoms with Gasteiger partial charge >= 0.3 is 12.1 Å². The number of alkyl halides is 3. The number of carbonyl (C=O) groups is 1. The number of benzene rings is 2. The number of phenolic OH excluding ortho intramolecular Hbond substituents is 1. The molecule has 2 aromatic carbocycles. The van der Waals surface area contributed by atoms with Crippen molar-refractivity contribution in [1.82, 2.24) is 0 Å². The third-order valence-electron chi connectivity index (χ3n) is 3.68. The lowest BCUT2D eigenvalue weighted by Crippen LogP contribution is -2.15. The van der Waals surface area contributed by atoms with Crippen molar-refractivity contribution in [1.29, 1.82) is 0 Å². The van der Waals surface area contributed by atoms with Gasteiger partial charge in [-0.1, -0.05) is 0 Å². The molecule has 1 N–H and O–H groups in total. The molecule has 0 amide bonds. The van der Waals surface area contributed by atoms with Crippen LogP contribution in [0.15, 0.2) is 51.7 Å². The number of ether oxygens (including phenoxy) is 2. The molecule has 0 aliphatic heterocycles. The van der Waals surface area contributed by atoms with Gasteiger partial charge in [-0.2, -0.15) is 13.2 Å². The molecule has 0 saturated carbocycles. The Morgan fingerprint density at radius 3 is 2.43 bits per heavy atom. The minimum Gasteiger partial charge on any atom is -0.508 e. The first kappa shape index (κ1) is 19.3. The first-order valence-corrected chi connectivity index (χ1v) is 8.02. The molecule has 0 spiro atoms. The predicted molar refractivity (Wildman–Crippen MR) is 91.6 cm³/mol. The van der Waals surface area contributed by atoms with Gasteiger partial charge in [0.05, 0.1) is 17.6 Å². The number of phenols is 1. The number of halogens is 3. The zero-order valence-electron chi connectivity index (χ0n) is 14.4. The van der Waals surface area contributed by atoms with Crippen LogP contribution in [0.3, 0.4) is 0 Å². The zero-order chi connectivity index (χ0) is 20.5. The molecule has 9 heteroatoms. The van der Waals surface area contributed by atoms with Gasteiger partial charge in [0.1, 0.15) is 17.1 Å². The maximum atomic E-state index is 13.4. The SMILES string of the molecule is CCOC(=O)c1ccc(Oc2c(C(F)(F)F)oc3cc(O)ccc3c2=O)cc1. The average molecular weight is 394 g/mol. The number of fused-ring (bicyclic) bond motifs is 1. The monoisotopic (exact) mass is 394 g/mol. The Hall–Kier alpha value is -3.49. The normalized spacial score (nSPS) is 11.4. The molecule has 3 aromatic rings. The first-order chi connectivity index (χ1) is 13.2. The summed E-state index contributed by atoms with van der Waals surface area (Å²) in [4.78, 5) is 24.2. The lowest BCUT2D eigenvalue weighted by Gasteiger charge is -2.13. The number of hydrogen-bond donors (Lipinski definition) is 1. The number of rotatable bonds is 4. The molecule has 0 aliphatic carbocycles. The van der Waals surface area contributed by atoms with Crippen LogP contribution in [0.2, 0.25) is 0 Å². The third kappa shape index (κ3) is 3.78. The summed E-state index contributed by atoms with van der Waals surface area (Å²) in [6, 6.07) is 8.23. The van der Waals surface area contributed by atoms with Crippen molar-refractivity contribution in [3.05, 3.63) is 64.0 Å². The van der Waals surface area contributed by atoms with Gasteiger partial charge in [0.25, 0.3) is 5.76 Å². The van der Waals surface area contributed by atoms with E-state index in [4.69, 9.17) is 13.9 Å². The van der Waals surface area contributed by atoms with Gasteiger partial charge in [-0.15, -0.1) is 0 Å². The Morgan fingerprint density at radius 1 is 1.14 bits per heavy atom. The Kier molecular flexibility index (Phi) is 5.00. The standard InChI is InChI=1S/C19H13F3O6/c1-2-26-18(25)10-3-6-12(7-4-10)27-16-15(24)13-8-5-11(23)9-14(13)28-17(16)19(20,21)22/h3-9,23H,2H2,1H3. The zero-order valence-corrected chi connectivity index (χ0v) is 14.4.